The molecule has 0 bridgehead atoms. The molecule has 1 aliphatic heterocycles. The molecule has 6 nitrogen and oxygen atoms in total. The van der Waals surface area contributed by atoms with Gasteiger partial charge in [0.15, 0.2) is 0 Å². The zero-order valence-electron chi connectivity index (χ0n) is 14.4. The molecule has 0 spiro atoms. The van der Waals surface area contributed by atoms with E-state index in [-0.39, 0.29) is 17.4 Å². The van der Waals surface area contributed by atoms with Crippen molar-refractivity contribution in [1.82, 2.24) is 10.3 Å². The number of aromatic nitrogens is 1. The van der Waals surface area contributed by atoms with E-state index in [0.29, 0.717) is 30.8 Å². The molecular formula is C19H22N2O4. The number of rotatable bonds is 5. The number of pyridine rings is 1. The Morgan fingerprint density at radius 1 is 1.36 bits per heavy atom. The van der Waals surface area contributed by atoms with Crippen LogP contribution >= 0.6 is 0 Å². The molecule has 1 unspecified atom stereocenters. The minimum atomic E-state index is -0.193. The Balaban J connectivity index is 1.62. The molecule has 0 radical (unpaired) electrons. The maximum absolute atomic E-state index is 12.4. The van der Waals surface area contributed by atoms with Crippen LogP contribution in [0.4, 0.5) is 0 Å². The lowest BCUT2D eigenvalue weighted by molar-refractivity contribution is 0.0937. The average Bonchev–Trinajstić information content (AvgIpc) is 2.65. The van der Waals surface area contributed by atoms with E-state index in [1.165, 1.54) is 6.07 Å². The van der Waals surface area contributed by atoms with Gasteiger partial charge in [0, 0.05) is 30.3 Å². The molecule has 3 rings (SSSR count). The Morgan fingerprint density at radius 2 is 2.20 bits per heavy atom. The second kappa shape index (κ2) is 7.42. The van der Waals surface area contributed by atoms with Gasteiger partial charge in [-0.15, -0.1) is 0 Å². The highest BCUT2D eigenvalue weighted by molar-refractivity contribution is 5.95. The van der Waals surface area contributed by atoms with Gasteiger partial charge in [-0.25, -0.2) is 0 Å². The van der Waals surface area contributed by atoms with Gasteiger partial charge in [0.05, 0.1) is 19.3 Å². The average molecular weight is 342 g/mol. The van der Waals surface area contributed by atoms with Gasteiger partial charge in [-0.05, 0) is 30.5 Å². The third-order valence-electron chi connectivity index (χ3n) is 4.41. The van der Waals surface area contributed by atoms with Crippen LogP contribution in [-0.2, 0) is 12.8 Å². The van der Waals surface area contributed by atoms with Crippen LogP contribution in [0.25, 0.3) is 0 Å². The molecule has 1 aromatic carbocycles. The maximum atomic E-state index is 12.4. The maximum Gasteiger partial charge on any atom is 0.253 e. The summed E-state index contributed by atoms with van der Waals surface area (Å²) >= 11 is 0. The first-order valence-corrected chi connectivity index (χ1v) is 8.40. The Labute approximate surface area is 146 Å². The second-order valence-corrected chi connectivity index (χ2v) is 6.13. The van der Waals surface area contributed by atoms with Gasteiger partial charge in [-0.2, -0.15) is 0 Å². The monoisotopic (exact) mass is 342 g/mol. The first-order chi connectivity index (χ1) is 12.1. The lowest BCUT2D eigenvalue weighted by atomic mass is 9.96. The predicted molar refractivity (Wildman–Crippen MR) is 94.5 cm³/mol. The summed E-state index contributed by atoms with van der Waals surface area (Å²) in [6.45, 7) is 2.97. The Kier molecular flexibility index (Phi) is 5.07. The predicted octanol–water partition coefficient (Wildman–Crippen LogP) is 1.93. The summed E-state index contributed by atoms with van der Waals surface area (Å²) in [4.78, 5) is 26.5. The number of H-pyrrole nitrogens is 1. The largest absolute Gasteiger partial charge is 0.497 e. The first kappa shape index (κ1) is 17.1. The molecule has 25 heavy (non-hydrogen) atoms. The fourth-order valence-corrected chi connectivity index (χ4v) is 3.01. The molecular weight excluding hydrogens is 320 g/mol. The van der Waals surface area contributed by atoms with Gasteiger partial charge in [0.25, 0.3) is 5.91 Å². The highest BCUT2D eigenvalue weighted by atomic mass is 16.5. The number of nitrogens with one attached hydrogen (secondary N) is 2. The molecule has 1 atom stereocenters. The van der Waals surface area contributed by atoms with Crippen LogP contribution in [0.5, 0.6) is 11.5 Å². The fraction of sp³-hybridized carbons (Fsp3) is 0.368. The van der Waals surface area contributed by atoms with E-state index in [9.17, 15) is 9.59 Å². The lowest BCUT2D eigenvalue weighted by Crippen LogP contribution is -2.35. The molecule has 0 aliphatic carbocycles. The van der Waals surface area contributed by atoms with Crippen molar-refractivity contribution in [2.45, 2.75) is 19.8 Å². The molecule has 1 aliphatic rings. The molecule has 0 saturated carbocycles. The number of carbonyl (C=O) groups is 1. The lowest BCUT2D eigenvalue weighted by Gasteiger charge is -2.26. The highest BCUT2D eigenvalue weighted by Crippen LogP contribution is 2.30. The summed E-state index contributed by atoms with van der Waals surface area (Å²) in [5, 5.41) is 2.95. The molecule has 2 N–H and O–H groups in total. The molecule has 1 aromatic heterocycles. The van der Waals surface area contributed by atoms with Crippen LogP contribution in [-0.4, -0.2) is 31.2 Å². The van der Waals surface area contributed by atoms with E-state index < -0.39 is 0 Å². The number of ether oxygens (including phenoxy) is 2. The zero-order valence-corrected chi connectivity index (χ0v) is 14.4. The molecule has 2 aromatic rings. The second-order valence-electron chi connectivity index (χ2n) is 6.13. The van der Waals surface area contributed by atoms with Crippen molar-refractivity contribution in [2.24, 2.45) is 5.92 Å². The number of hydrogen-bond acceptors (Lipinski definition) is 4. The zero-order chi connectivity index (χ0) is 17.8. The van der Waals surface area contributed by atoms with Crippen molar-refractivity contribution in [3.63, 3.8) is 0 Å². The van der Waals surface area contributed by atoms with Crippen molar-refractivity contribution < 1.29 is 14.3 Å². The summed E-state index contributed by atoms with van der Waals surface area (Å²) < 4.78 is 11.0. The first-order valence-electron chi connectivity index (χ1n) is 8.40. The number of methoxy groups -OCH3 is 1. The van der Waals surface area contributed by atoms with Crippen molar-refractivity contribution in [2.75, 3.05) is 20.3 Å². The van der Waals surface area contributed by atoms with Gasteiger partial charge in [0.1, 0.15) is 11.5 Å². The van der Waals surface area contributed by atoms with E-state index in [0.717, 1.165) is 23.5 Å². The molecule has 6 heteroatoms. The number of fused-ring (bicyclic) bond motifs is 1. The number of amides is 1. The smallest absolute Gasteiger partial charge is 0.253 e. The van der Waals surface area contributed by atoms with Crippen molar-refractivity contribution in [3.05, 3.63) is 57.5 Å². The standard InChI is InChI=1S/C19H22N2O4/c1-3-16-15(6-7-18(22)21-16)19(23)20-10-12-8-13-4-5-14(24-2)9-17(13)25-11-12/h4-7,9,12H,3,8,10-11H2,1-2H3,(H,20,23)(H,21,22). The van der Waals surface area contributed by atoms with Gasteiger partial charge >= 0.3 is 0 Å². The van der Waals surface area contributed by atoms with E-state index in [1.807, 2.05) is 25.1 Å². The molecule has 0 fully saturated rings. The van der Waals surface area contributed by atoms with Crippen molar-refractivity contribution in [1.29, 1.82) is 0 Å². The summed E-state index contributed by atoms with van der Waals surface area (Å²) in [5.74, 6) is 1.65. The van der Waals surface area contributed by atoms with Crippen LogP contribution in [0, 0.1) is 5.92 Å². The summed E-state index contributed by atoms with van der Waals surface area (Å²) in [6.07, 6.45) is 1.44. The van der Waals surface area contributed by atoms with Crippen LogP contribution in [0.15, 0.2) is 35.1 Å². The molecule has 2 heterocycles. The molecule has 0 saturated heterocycles. The number of carbonyl (C=O) groups excluding carboxylic acids is 1. The normalized spacial score (nSPS) is 15.8. The summed E-state index contributed by atoms with van der Waals surface area (Å²) in [7, 11) is 1.63. The van der Waals surface area contributed by atoms with Gasteiger partial charge in [0.2, 0.25) is 5.56 Å². The fourth-order valence-electron chi connectivity index (χ4n) is 3.01. The van der Waals surface area contributed by atoms with Crippen molar-refractivity contribution in [3.8, 4) is 11.5 Å². The quantitative estimate of drug-likeness (QED) is 0.870. The minimum absolute atomic E-state index is 0.173. The third kappa shape index (κ3) is 3.84. The van der Waals surface area contributed by atoms with E-state index >= 15 is 0 Å². The van der Waals surface area contributed by atoms with Gasteiger partial charge in [-0.3, -0.25) is 9.59 Å². The number of aromatic amines is 1. The highest BCUT2D eigenvalue weighted by Gasteiger charge is 2.21. The number of hydrogen-bond donors (Lipinski definition) is 2. The van der Waals surface area contributed by atoms with Crippen LogP contribution in [0.2, 0.25) is 0 Å². The van der Waals surface area contributed by atoms with Crippen LogP contribution in [0.1, 0.15) is 28.5 Å². The van der Waals surface area contributed by atoms with E-state index in [4.69, 9.17) is 9.47 Å². The summed E-state index contributed by atoms with van der Waals surface area (Å²) in [5.41, 5.74) is 2.09. The molecule has 1 amide bonds. The minimum Gasteiger partial charge on any atom is -0.497 e. The van der Waals surface area contributed by atoms with Crippen LogP contribution < -0.4 is 20.3 Å². The van der Waals surface area contributed by atoms with Crippen LogP contribution in [0.3, 0.4) is 0 Å². The molecule has 132 valence electrons. The topological polar surface area (TPSA) is 80.4 Å². The van der Waals surface area contributed by atoms with Crippen molar-refractivity contribution >= 4 is 5.91 Å². The van der Waals surface area contributed by atoms with Gasteiger partial charge < -0.3 is 19.8 Å². The Hall–Kier alpha value is -2.76. The van der Waals surface area contributed by atoms with E-state index in [1.54, 1.807) is 13.2 Å². The number of aryl methyl sites for hydroxylation is 1. The van der Waals surface area contributed by atoms with Gasteiger partial charge in [-0.1, -0.05) is 13.0 Å². The third-order valence-corrected chi connectivity index (χ3v) is 4.41. The summed E-state index contributed by atoms with van der Waals surface area (Å²) in [6, 6.07) is 8.75. The SMILES string of the molecule is CCc1[nH]c(=O)ccc1C(=O)NCC1COc2cc(OC)ccc2C1. The van der Waals surface area contributed by atoms with E-state index in [2.05, 4.69) is 10.3 Å². The Morgan fingerprint density at radius 3 is 2.96 bits per heavy atom. The number of benzene rings is 1. The Bertz CT molecular complexity index is 828.